The van der Waals surface area contributed by atoms with Gasteiger partial charge < -0.3 is 29.3 Å². The van der Waals surface area contributed by atoms with Crippen LogP contribution in [-0.4, -0.2) is 60.8 Å². The maximum atomic E-state index is 13.1. The van der Waals surface area contributed by atoms with Gasteiger partial charge in [0.15, 0.2) is 11.5 Å². The second-order valence-electron chi connectivity index (χ2n) is 7.68. The summed E-state index contributed by atoms with van der Waals surface area (Å²) in [5.41, 5.74) is 1.63. The Morgan fingerprint density at radius 3 is 2.42 bits per heavy atom. The normalized spacial score (nSPS) is 17.5. The number of rotatable bonds is 9. The van der Waals surface area contributed by atoms with Crippen molar-refractivity contribution in [2.75, 3.05) is 34.0 Å². The minimum atomic E-state index is -0.870. The number of hydrogen-bond acceptors (Lipinski definition) is 7. The first-order chi connectivity index (χ1) is 15.8. The van der Waals surface area contributed by atoms with Gasteiger partial charge in [-0.25, -0.2) is 0 Å². The number of phenols is 1. The fourth-order valence-electron chi connectivity index (χ4n) is 3.98. The van der Waals surface area contributed by atoms with Gasteiger partial charge in [-0.3, -0.25) is 9.59 Å². The first-order valence-corrected chi connectivity index (χ1v) is 10.7. The smallest absolute Gasteiger partial charge is 0.295 e. The molecule has 1 aliphatic heterocycles. The van der Waals surface area contributed by atoms with Crippen molar-refractivity contribution in [3.05, 3.63) is 58.7 Å². The molecule has 0 radical (unpaired) electrons. The summed E-state index contributed by atoms with van der Waals surface area (Å²) in [4.78, 5) is 27.4. The number of likely N-dealkylation sites (tertiary alicyclic amines) is 1. The van der Waals surface area contributed by atoms with Crippen molar-refractivity contribution in [3.8, 4) is 17.2 Å². The quantitative estimate of drug-likeness (QED) is 0.258. The number of benzene rings is 2. The molecular weight excluding hydrogens is 426 g/mol. The van der Waals surface area contributed by atoms with Crippen LogP contribution in [0, 0.1) is 6.92 Å². The van der Waals surface area contributed by atoms with Gasteiger partial charge in [0, 0.05) is 25.8 Å². The molecule has 0 saturated carbocycles. The summed E-state index contributed by atoms with van der Waals surface area (Å²) in [6, 6.07) is 8.86. The molecule has 2 N–H and O–H groups in total. The van der Waals surface area contributed by atoms with Gasteiger partial charge in [-0.1, -0.05) is 6.07 Å². The number of Topliss-reactive ketones (excluding diaryl/α,β-unsaturated/α-hetero) is 1. The zero-order valence-corrected chi connectivity index (χ0v) is 19.3. The second kappa shape index (κ2) is 10.4. The van der Waals surface area contributed by atoms with E-state index in [9.17, 15) is 19.8 Å². The molecular formula is C25H29NO7. The molecule has 2 aromatic carbocycles. The number of aryl methyl sites for hydroxylation is 1. The maximum absolute atomic E-state index is 13.1. The van der Waals surface area contributed by atoms with Crippen LogP contribution in [0.15, 0.2) is 42.0 Å². The van der Waals surface area contributed by atoms with Gasteiger partial charge in [0.2, 0.25) is 0 Å². The van der Waals surface area contributed by atoms with Crippen LogP contribution in [-0.2, 0) is 14.3 Å². The third-order valence-electron chi connectivity index (χ3n) is 5.55. The van der Waals surface area contributed by atoms with Crippen LogP contribution in [0.3, 0.4) is 0 Å². The van der Waals surface area contributed by atoms with Crippen molar-refractivity contribution in [1.29, 1.82) is 0 Å². The lowest BCUT2D eigenvalue weighted by atomic mass is 9.94. The average Bonchev–Trinajstić information content (AvgIpc) is 3.05. The topological polar surface area (TPSA) is 106 Å². The van der Waals surface area contributed by atoms with E-state index in [-0.39, 0.29) is 29.4 Å². The van der Waals surface area contributed by atoms with Crippen molar-refractivity contribution >= 4 is 17.4 Å². The molecule has 1 unspecified atom stereocenters. The van der Waals surface area contributed by atoms with Crippen LogP contribution >= 0.6 is 0 Å². The standard InChI is InChI=1S/C25H29NO7/c1-5-33-19-9-8-17(13-15(19)2)23(28)21-22(16-7-10-20(32-4)18(27)14-16)26(11-6-12-31-3)25(30)24(21)29/h7-10,13-14,22,27-28H,5-6,11-12H2,1-4H3/b23-21-. The molecule has 1 fully saturated rings. The molecule has 1 saturated heterocycles. The molecule has 0 spiro atoms. The number of carbonyl (C=O) groups is 2. The minimum absolute atomic E-state index is 0.0365. The molecule has 176 valence electrons. The van der Waals surface area contributed by atoms with Crippen molar-refractivity contribution < 1.29 is 34.0 Å². The Morgan fingerprint density at radius 1 is 1.09 bits per heavy atom. The van der Waals surface area contributed by atoms with E-state index in [2.05, 4.69) is 0 Å². The van der Waals surface area contributed by atoms with Crippen molar-refractivity contribution in [2.24, 2.45) is 0 Å². The zero-order valence-electron chi connectivity index (χ0n) is 19.3. The summed E-state index contributed by atoms with van der Waals surface area (Å²) in [6.07, 6.45) is 0.504. The van der Waals surface area contributed by atoms with Gasteiger partial charge in [0.1, 0.15) is 11.5 Å². The number of methoxy groups -OCH3 is 2. The lowest BCUT2D eigenvalue weighted by molar-refractivity contribution is -0.140. The molecule has 8 heteroatoms. The van der Waals surface area contributed by atoms with E-state index in [1.165, 1.54) is 18.1 Å². The molecule has 2 aromatic rings. The van der Waals surface area contributed by atoms with E-state index in [1.807, 2.05) is 13.8 Å². The van der Waals surface area contributed by atoms with E-state index in [4.69, 9.17) is 14.2 Å². The molecule has 1 aliphatic rings. The Kier molecular flexibility index (Phi) is 7.60. The predicted molar refractivity (Wildman–Crippen MR) is 123 cm³/mol. The molecule has 0 aromatic heterocycles. The Labute approximate surface area is 193 Å². The lowest BCUT2D eigenvalue weighted by Gasteiger charge is -2.25. The third kappa shape index (κ3) is 4.80. The number of ketones is 1. The summed E-state index contributed by atoms with van der Waals surface area (Å²) in [5.74, 6) is -0.973. The van der Waals surface area contributed by atoms with Gasteiger partial charge in [-0.15, -0.1) is 0 Å². The highest BCUT2D eigenvalue weighted by atomic mass is 16.5. The molecule has 0 bridgehead atoms. The first-order valence-electron chi connectivity index (χ1n) is 10.7. The van der Waals surface area contributed by atoms with Crippen molar-refractivity contribution in [1.82, 2.24) is 4.90 Å². The fraction of sp³-hybridized carbons (Fsp3) is 0.360. The Morgan fingerprint density at radius 2 is 1.82 bits per heavy atom. The molecule has 0 aliphatic carbocycles. The summed E-state index contributed by atoms with van der Waals surface area (Å²) >= 11 is 0. The number of ether oxygens (including phenoxy) is 3. The van der Waals surface area contributed by atoms with E-state index in [0.29, 0.717) is 36.5 Å². The van der Waals surface area contributed by atoms with Gasteiger partial charge in [0.25, 0.3) is 11.7 Å². The van der Waals surface area contributed by atoms with E-state index in [0.717, 1.165) is 5.56 Å². The highest BCUT2D eigenvalue weighted by molar-refractivity contribution is 6.46. The SMILES string of the molecule is CCOc1ccc(/C(O)=C2/C(=O)C(=O)N(CCCOC)C2c2ccc(OC)c(O)c2)cc1C. The largest absolute Gasteiger partial charge is 0.507 e. The fourth-order valence-corrected chi connectivity index (χ4v) is 3.98. The minimum Gasteiger partial charge on any atom is -0.507 e. The summed E-state index contributed by atoms with van der Waals surface area (Å²) in [6.45, 7) is 4.86. The first kappa shape index (κ1) is 24.1. The van der Waals surface area contributed by atoms with Crippen molar-refractivity contribution in [2.45, 2.75) is 26.3 Å². The molecule has 33 heavy (non-hydrogen) atoms. The Bertz CT molecular complexity index is 1080. The van der Waals surface area contributed by atoms with Gasteiger partial charge in [-0.05, 0) is 61.7 Å². The average molecular weight is 456 g/mol. The number of nitrogens with zero attached hydrogens (tertiary/aromatic N) is 1. The van der Waals surface area contributed by atoms with E-state index >= 15 is 0 Å². The van der Waals surface area contributed by atoms with Gasteiger partial charge in [-0.2, -0.15) is 0 Å². The van der Waals surface area contributed by atoms with Gasteiger partial charge >= 0.3 is 0 Å². The van der Waals surface area contributed by atoms with Crippen LogP contribution in [0.1, 0.15) is 36.1 Å². The maximum Gasteiger partial charge on any atom is 0.295 e. The van der Waals surface area contributed by atoms with Crippen LogP contribution in [0.4, 0.5) is 0 Å². The number of hydrogen-bond donors (Lipinski definition) is 2. The third-order valence-corrected chi connectivity index (χ3v) is 5.55. The number of aliphatic hydroxyl groups is 1. The van der Waals surface area contributed by atoms with E-state index < -0.39 is 17.7 Å². The number of phenolic OH excluding ortho intramolecular Hbond substituents is 1. The van der Waals surface area contributed by atoms with Crippen LogP contribution in [0.2, 0.25) is 0 Å². The van der Waals surface area contributed by atoms with Crippen molar-refractivity contribution in [3.63, 3.8) is 0 Å². The zero-order chi connectivity index (χ0) is 24.1. The molecule has 3 rings (SSSR count). The second-order valence-corrected chi connectivity index (χ2v) is 7.68. The van der Waals surface area contributed by atoms with Gasteiger partial charge in [0.05, 0.1) is 25.3 Å². The molecule has 1 heterocycles. The Hall–Kier alpha value is -3.52. The number of aromatic hydroxyl groups is 1. The van der Waals surface area contributed by atoms with E-state index in [1.54, 1.807) is 37.4 Å². The molecule has 1 amide bonds. The number of aliphatic hydroxyl groups excluding tert-OH is 1. The number of carbonyl (C=O) groups excluding carboxylic acids is 2. The molecule has 1 atom stereocenters. The predicted octanol–water partition coefficient (Wildman–Crippen LogP) is 3.57. The monoisotopic (exact) mass is 455 g/mol. The highest BCUT2D eigenvalue weighted by Crippen LogP contribution is 2.42. The highest BCUT2D eigenvalue weighted by Gasteiger charge is 2.46. The summed E-state index contributed by atoms with van der Waals surface area (Å²) in [7, 11) is 2.99. The Balaban J connectivity index is 2.13. The number of amides is 1. The van der Waals surface area contributed by atoms with Crippen LogP contribution in [0.5, 0.6) is 17.2 Å². The summed E-state index contributed by atoms with van der Waals surface area (Å²) in [5, 5.41) is 21.5. The van der Waals surface area contributed by atoms with Crippen LogP contribution in [0.25, 0.3) is 5.76 Å². The molecule has 8 nitrogen and oxygen atoms in total. The lowest BCUT2D eigenvalue weighted by Crippen LogP contribution is -2.31. The summed E-state index contributed by atoms with van der Waals surface area (Å²) < 4.78 is 15.8. The van der Waals surface area contributed by atoms with Crippen LogP contribution < -0.4 is 9.47 Å².